The van der Waals surface area contributed by atoms with Crippen molar-refractivity contribution in [2.24, 2.45) is 0 Å². The van der Waals surface area contributed by atoms with Gasteiger partial charge in [0.1, 0.15) is 0 Å². The van der Waals surface area contributed by atoms with Crippen LogP contribution in [0.2, 0.25) is 0 Å². The molecule has 0 aliphatic heterocycles. The summed E-state index contributed by atoms with van der Waals surface area (Å²) in [5.41, 5.74) is 6.17. The van der Waals surface area contributed by atoms with Crippen molar-refractivity contribution in [3.63, 3.8) is 0 Å². The Labute approximate surface area is 96.4 Å². The van der Waals surface area contributed by atoms with Crippen LogP contribution >= 0.6 is 15.9 Å². The Morgan fingerprint density at radius 3 is 2.67 bits per heavy atom. The first-order valence-corrected chi connectivity index (χ1v) is 5.47. The van der Waals surface area contributed by atoms with Crippen LogP contribution in [0.3, 0.4) is 0 Å². The van der Waals surface area contributed by atoms with Crippen molar-refractivity contribution in [2.45, 2.75) is 13.8 Å². The van der Waals surface area contributed by atoms with E-state index in [1.54, 1.807) is 18.3 Å². The fraction of sp³-hybridized carbons (Fsp3) is 0.182. The number of nitrogens with zero attached hydrogens (tertiary/aromatic N) is 1. The number of pyridine rings is 1. The summed E-state index contributed by atoms with van der Waals surface area (Å²) in [7, 11) is 0. The van der Waals surface area contributed by atoms with E-state index < -0.39 is 5.82 Å². The number of benzene rings is 1. The summed E-state index contributed by atoms with van der Waals surface area (Å²) in [5, 5.41) is 0.439. The van der Waals surface area contributed by atoms with Gasteiger partial charge in [0.15, 0.2) is 5.82 Å². The summed E-state index contributed by atoms with van der Waals surface area (Å²) >= 11 is 3.22. The number of hydrogen-bond acceptors (Lipinski definition) is 2. The average molecular weight is 271 g/mol. The van der Waals surface area contributed by atoms with E-state index in [4.69, 9.17) is 5.73 Å². The molecule has 15 heavy (non-hydrogen) atoms. The molecule has 0 unspecified atom stereocenters. The molecule has 1 heterocycles. The molecule has 0 aliphatic carbocycles. The van der Waals surface area contributed by atoms with Crippen LogP contribution in [0.5, 0.6) is 0 Å². The highest BCUT2D eigenvalue weighted by atomic mass is 79.9. The third-order valence-corrected chi connectivity index (χ3v) is 2.23. The zero-order chi connectivity index (χ0) is 11.4. The van der Waals surface area contributed by atoms with E-state index in [2.05, 4.69) is 20.9 Å². The van der Waals surface area contributed by atoms with Gasteiger partial charge < -0.3 is 5.73 Å². The molecule has 0 saturated carbocycles. The number of rotatable bonds is 0. The van der Waals surface area contributed by atoms with Gasteiger partial charge in [-0.1, -0.05) is 13.8 Å². The normalized spacial score (nSPS) is 9.60. The van der Waals surface area contributed by atoms with E-state index in [0.717, 1.165) is 4.47 Å². The smallest absolute Gasteiger partial charge is 0.155 e. The summed E-state index contributed by atoms with van der Waals surface area (Å²) < 4.78 is 14.1. The van der Waals surface area contributed by atoms with Gasteiger partial charge in [-0.05, 0) is 34.1 Å². The Hall–Kier alpha value is -1.16. The Bertz CT molecular complexity index is 466. The molecule has 0 bridgehead atoms. The number of anilines is 1. The van der Waals surface area contributed by atoms with Gasteiger partial charge in [-0.25, -0.2) is 4.39 Å². The molecule has 0 spiro atoms. The van der Waals surface area contributed by atoms with Crippen LogP contribution < -0.4 is 5.73 Å². The van der Waals surface area contributed by atoms with Crippen molar-refractivity contribution in [3.05, 3.63) is 34.7 Å². The van der Waals surface area contributed by atoms with Crippen LogP contribution in [0.1, 0.15) is 13.8 Å². The summed E-state index contributed by atoms with van der Waals surface area (Å²) in [4.78, 5) is 4.04. The van der Waals surface area contributed by atoms with Crippen LogP contribution in [0.15, 0.2) is 28.9 Å². The fourth-order valence-corrected chi connectivity index (χ4v) is 1.49. The minimum atomic E-state index is -0.411. The maximum absolute atomic E-state index is 13.4. The van der Waals surface area contributed by atoms with Crippen molar-refractivity contribution >= 4 is 32.5 Å². The number of nitrogens with two attached hydrogens (primary N) is 1. The van der Waals surface area contributed by atoms with E-state index >= 15 is 0 Å². The van der Waals surface area contributed by atoms with Gasteiger partial charge in [0.2, 0.25) is 0 Å². The molecular weight excluding hydrogens is 259 g/mol. The maximum atomic E-state index is 13.4. The van der Waals surface area contributed by atoms with Gasteiger partial charge in [0, 0.05) is 16.1 Å². The van der Waals surface area contributed by atoms with Crippen molar-refractivity contribution < 1.29 is 4.39 Å². The van der Waals surface area contributed by atoms with Gasteiger partial charge in [-0.15, -0.1) is 0 Å². The molecule has 0 amide bonds. The lowest BCUT2D eigenvalue weighted by molar-refractivity contribution is 0.644. The third kappa shape index (κ3) is 2.45. The molecule has 2 nitrogen and oxygen atoms in total. The van der Waals surface area contributed by atoms with E-state index in [-0.39, 0.29) is 5.69 Å². The van der Waals surface area contributed by atoms with Crippen LogP contribution in [-0.4, -0.2) is 4.98 Å². The van der Waals surface area contributed by atoms with Crippen LogP contribution in [-0.2, 0) is 0 Å². The average Bonchev–Trinajstić information content (AvgIpc) is 2.27. The van der Waals surface area contributed by atoms with E-state index in [1.165, 1.54) is 6.07 Å². The molecule has 2 aromatic rings. The Morgan fingerprint density at radius 2 is 2.00 bits per heavy atom. The summed E-state index contributed by atoms with van der Waals surface area (Å²) in [6.45, 7) is 4.00. The summed E-state index contributed by atoms with van der Waals surface area (Å²) in [6.07, 6.45) is 1.62. The minimum Gasteiger partial charge on any atom is -0.396 e. The first kappa shape index (κ1) is 11.9. The molecule has 0 fully saturated rings. The standard InChI is InChI=1S/C9H6BrFN2.C2H6/c10-5-3-6-8(13-4-5)2-1-7(12)9(6)11;1-2/h1-4H,12H2;1-2H3. The second-order valence-corrected chi connectivity index (χ2v) is 3.60. The maximum Gasteiger partial charge on any atom is 0.155 e. The Morgan fingerprint density at radius 1 is 1.33 bits per heavy atom. The second-order valence-electron chi connectivity index (χ2n) is 2.69. The summed E-state index contributed by atoms with van der Waals surface area (Å²) in [6, 6.07) is 4.87. The number of aromatic nitrogens is 1. The lowest BCUT2D eigenvalue weighted by Crippen LogP contribution is -1.92. The highest BCUT2D eigenvalue weighted by Crippen LogP contribution is 2.23. The molecule has 1 aromatic heterocycles. The van der Waals surface area contributed by atoms with Gasteiger partial charge in [-0.3, -0.25) is 4.98 Å². The first-order valence-electron chi connectivity index (χ1n) is 4.68. The van der Waals surface area contributed by atoms with Gasteiger partial charge in [-0.2, -0.15) is 0 Å². The largest absolute Gasteiger partial charge is 0.396 e. The quantitative estimate of drug-likeness (QED) is 0.741. The number of nitrogen functional groups attached to an aromatic ring is 1. The molecule has 80 valence electrons. The molecule has 0 atom stereocenters. The van der Waals surface area contributed by atoms with Crippen LogP contribution in [0, 0.1) is 5.82 Å². The monoisotopic (exact) mass is 270 g/mol. The second kappa shape index (κ2) is 5.07. The van der Waals surface area contributed by atoms with Gasteiger partial charge >= 0.3 is 0 Å². The van der Waals surface area contributed by atoms with Crippen molar-refractivity contribution in [2.75, 3.05) is 5.73 Å². The fourth-order valence-electron chi connectivity index (χ4n) is 1.16. The third-order valence-electron chi connectivity index (χ3n) is 1.80. The molecule has 0 aliphatic rings. The minimum absolute atomic E-state index is 0.146. The molecule has 0 radical (unpaired) electrons. The highest BCUT2D eigenvalue weighted by Gasteiger charge is 2.05. The van der Waals surface area contributed by atoms with Crippen molar-refractivity contribution in [1.82, 2.24) is 4.98 Å². The molecule has 0 saturated heterocycles. The van der Waals surface area contributed by atoms with Gasteiger partial charge in [0.05, 0.1) is 11.2 Å². The number of fused-ring (bicyclic) bond motifs is 1. The topological polar surface area (TPSA) is 38.9 Å². The van der Waals surface area contributed by atoms with Gasteiger partial charge in [0.25, 0.3) is 0 Å². The van der Waals surface area contributed by atoms with Crippen LogP contribution in [0.4, 0.5) is 10.1 Å². The lowest BCUT2D eigenvalue weighted by Gasteiger charge is -2.01. The predicted molar refractivity (Wildman–Crippen MR) is 65.2 cm³/mol. The molecule has 2 N–H and O–H groups in total. The van der Waals surface area contributed by atoms with Crippen molar-refractivity contribution in [3.8, 4) is 0 Å². The first-order chi connectivity index (χ1) is 7.18. The SMILES string of the molecule is CC.Nc1ccc2ncc(Br)cc2c1F. The number of hydrogen-bond donors (Lipinski definition) is 1. The van der Waals surface area contributed by atoms with E-state index in [1.807, 2.05) is 13.8 Å². The van der Waals surface area contributed by atoms with E-state index in [9.17, 15) is 4.39 Å². The predicted octanol–water partition coefficient (Wildman–Crippen LogP) is 3.74. The molecule has 2 rings (SSSR count). The highest BCUT2D eigenvalue weighted by molar-refractivity contribution is 9.10. The zero-order valence-corrected chi connectivity index (χ0v) is 10.2. The van der Waals surface area contributed by atoms with E-state index in [0.29, 0.717) is 10.9 Å². The van der Waals surface area contributed by atoms with Crippen LogP contribution in [0.25, 0.3) is 10.9 Å². The Balaban J connectivity index is 0.000000531. The molecule has 1 aromatic carbocycles. The molecular formula is C11H12BrFN2. The Kier molecular flexibility index (Phi) is 4.03. The molecule has 4 heteroatoms. The van der Waals surface area contributed by atoms with Crippen molar-refractivity contribution in [1.29, 1.82) is 0 Å². The zero-order valence-electron chi connectivity index (χ0n) is 8.59. The number of halogens is 2. The lowest BCUT2D eigenvalue weighted by atomic mass is 10.2. The summed E-state index contributed by atoms with van der Waals surface area (Å²) in [5.74, 6) is -0.411.